The normalized spacial score (nSPS) is 12.3. The van der Waals surface area contributed by atoms with Crippen molar-refractivity contribution in [2.75, 3.05) is 6.61 Å². The number of hydrogen-bond donors (Lipinski definition) is 1. The van der Waals surface area contributed by atoms with Gasteiger partial charge in [-0.15, -0.1) is 0 Å². The summed E-state index contributed by atoms with van der Waals surface area (Å²) in [6, 6.07) is 31.4. The predicted octanol–water partition coefficient (Wildman–Crippen LogP) is 5.56. The molecule has 3 nitrogen and oxygen atoms in total. The Morgan fingerprint density at radius 1 is 0.862 bits per heavy atom. The summed E-state index contributed by atoms with van der Waals surface area (Å²) in [6.07, 6.45) is 0.329. The molecule has 0 aliphatic carbocycles. The fraction of sp³-hybridized carbons (Fsp3) is 0.240. The molecule has 0 heterocycles. The molecule has 0 spiro atoms. The van der Waals surface area contributed by atoms with Crippen LogP contribution in [0.25, 0.3) is 0 Å². The number of esters is 1. The third kappa shape index (κ3) is 5.08. The molecule has 0 saturated carbocycles. The average Bonchev–Trinajstić information content (AvgIpc) is 2.76. The Labute approximate surface area is 177 Å². The van der Waals surface area contributed by atoms with Crippen LogP contribution in [0.2, 0.25) is 0 Å². The van der Waals surface area contributed by atoms with Gasteiger partial charge < -0.3 is 4.74 Å². The second-order valence-electron chi connectivity index (χ2n) is 6.91. The van der Waals surface area contributed by atoms with Crippen LogP contribution in [0.5, 0.6) is 0 Å². The van der Waals surface area contributed by atoms with Crippen LogP contribution >= 0.6 is 11.9 Å². The Morgan fingerprint density at radius 2 is 1.28 bits per heavy atom. The molecule has 1 atom stereocenters. The van der Waals surface area contributed by atoms with Crippen LogP contribution in [-0.4, -0.2) is 18.6 Å². The lowest BCUT2D eigenvalue weighted by molar-refractivity contribution is -0.143. The van der Waals surface area contributed by atoms with E-state index in [-0.39, 0.29) is 12.0 Å². The second-order valence-corrected chi connectivity index (χ2v) is 7.96. The topological polar surface area (TPSA) is 38.3 Å². The van der Waals surface area contributed by atoms with Crippen LogP contribution in [0.15, 0.2) is 91.0 Å². The molecule has 1 N–H and O–H groups in total. The SMILES string of the molecule is CCOC(=O)CC(C)NSC(c1ccccc1)(c1ccccc1)c1ccccc1. The Kier molecular flexibility index (Phi) is 7.50. The first kappa shape index (κ1) is 21.2. The monoisotopic (exact) mass is 405 g/mol. The summed E-state index contributed by atoms with van der Waals surface area (Å²) < 4.78 is 8.18. The van der Waals surface area contributed by atoms with Crippen molar-refractivity contribution in [3.8, 4) is 0 Å². The van der Waals surface area contributed by atoms with Crippen LogP contribution in [0.3, 0.4) is 0 Å². The predicted molar refractivity (Wildman–Crippen MR) is 121 cm³/mol. The number of hydrogen-bond acceptors (Lipinski definition) is 4. The standard InChI is InChI=1S/C25H27NO2S/c1-3-28-24(27)19-20(2)26-29-25(21-13-7-4-8-14-21,22-15-9-5-10-16-22)23-17-11-6-12-18-23/h4-18,20,26H,3,19H2,1-2H3. The summed E-state index contributed by atoms with van der Waals surface area (Å²) in [5.74, 6) is -0.183. The lowest BCUT2D eigenvalue weighted by Gasteiger charge is -2.36. The van der Waals surface area contributed by atoms with E-state index >= 15 is 0 Å². The van der Waals surface area contributed by atoms with E-state index < -0.39 is 4.75 Å². The molecule has 0 radical (unpaired) electrons. The Hall–Kier alpha value is -2.56. The molecule has 29 heavy (non-hydrogen) atoms. The number of ether oxygens (including phenoxy) is 1. The maximum absolute atomic E-state index is 11.9. The second kappa shape index (κ2) is 10.3. The maximum atomic E-state index is 11.9. The Morgan fingerprint density at radius 3 is 1.66 bits per heavy atom. The van der Waals surface area contributed by atoms with Crippen molar-refractivity contribution in [3.63, 3.8) is 0 Å². The summed E-state index contributed by atoms with van der Waals surface area (Å²) in [6.45, 7) is 4.24. The molecule has 1 unspecified atom stereocenters. The van der Waals surface area contributed by atoms with Crippen molar-refractivity contribution in [2.24, 2.45) is 0 Å². The summed E-state index contributed by atoms with van der Waals surface area (Å²) in [7, 11) is 0. The van der Waals surface area contributed by atoms with Gasteiger partial charge in [0.2, 0.25) is 0 Å². The highest BCUT2D eigenvalue weighted by atomic mass is 32.2. The van der Waals surface area contributed by atoms with Gasteiger partial charge in [0.05, 0.1) is 13.0 Å². The number of rotatable bonds is 9. The summed E-state index contributed by atoms with van der Waals surface area (Å²) in [5.41, 5.74) is 3.54. The average molecular weight is 406 g/mol. The Bertz CT molecular complexity index is 788. The molecule has 0 aliphatic rings. The van der Waals surface area contributed by atoms with E-state index in [9.17, 15) is 4.79 Å². The highest BCUT2D eigenvalue weighted by Crippen LogP contribution is 2.47. The molecule has 4 heteroatoms. The van der Waals surface area contributed by atoms with Gasteiger partial charge in [-0.05, 0) is 30.5 Å². The van der Waals surface area contributed by atoms with Gasteiger partial charge in [-0.2, -0.15) is 0 Å². The minimum Gasteiger partial charge on any atom is -0.466 e. The first-order valence-corrected chi connectivity index (χ1v) is 10.7. The molecule has 3 rings (SSSR count). The van der Waals surface area contributed by atoms with Gasteiger partial charge in [-0.3, -0.25) is 9.52 Å². The lowest BCUT2D eigenvalue weighted by atomic mass is 9.84. The number of benzene rings is 3. The smallest absolute Gasteiger partial charge is 0.307 e. The summed E-state index contributed by atoms with van der Waals surface area (Å²) in [4.78, 5) is 11.9. The van der Waals surface area contributed by atoms with E-state index in [1.807, 2.05) is 32.0 Å². The van der Waals surface area contributed by atoms with E-state index in [1.165, 1.54) is 16.7 Å². The maximum Gasteiger partial charge on any atom is 0.307 e. The van der Waals surface area contributed by atoms with Crippen LogP contribution in [0, 0.1) is 0 Å². The highest BCUT2D eigenvalue weighted by molar-refractivity contribution is 7.98. The van der Waals surface area contributed by atoms with Gasteiger partial charge in [0.1, 0.15) is 4.75 Å². The fourth-order valence-electron chi connectivity index (χ4n) is 3.40. The van der Waals surface area contributed by atoms with E-state index in [0.717, 1.165) is 0 Å². The third-order valence-corrected chi connectivity index (χ3v) is 6.27. The molecule has 3 aromatic rings. The molecular weight excluding hydrogens is 378 g/mol. The first-order chi connectivity index (χ1) is 14.2. The molecule has 150 valence electrons. The van der Waals surface area contributed by atoms with Crippen molar-refractivity contribution >= 4 is 17.9 Å². The highest BCUT2D eigenvalue weighted by Gasteiger charge is 2.37. The van der Waals surface area contributed by atoms with Crippen molar-refractivity contribution < 1.29 is 9.53 Å². The molecule has 0 bridgehead atoms. The van der Waals surface area contributed by atoms with Crippen molar-refractivity contribution in [2.45, 2.75) is 31.1 Å². The van der Waals surface area contributed by atoms with E-state index in [2.05, 4.69) is 77.5 Å². The third-order valence-electron chi connectivity index (χ3n) is 4.73. The number of nitrogens with one attached hydrogen (secondary N) is 1. The largest absolute Gasteiger partial charge is 0.466 e. The molecular formula is C25H27NO2S. The molecule has 0 aliphatic heterocycles. The van der Waals surface area contributed by atoms with Crippen LogP contribution in [0.1, 0.15) is 37.0 Å². The Balaban J connectivity index is 2.02. The molecule has 0 saturated heterocycles. The molecule has 3 aromatic carbocycles. The van der Waals surface area contributed by atoms with Crippen LogP contribution < -0.4 is 4.72 Å². The van der Waals surface area contributed by atoms with Gasteiger partial charge in [-0.1, -0.05) is 103 Å². The zero-order valence-electron chi connectivity index (χ0n) is 16.9. The van der Waals surface area contributed by atoms with E-state index in [0.29, 0.717) is 13.0 Å². The minimum absolute atomic E-state index is 0.0328. The zero-order chi connectivity index (χ0) is 20.5. The van der Waals surface area contributed by atoms with Gasteiger partial charge in [-0.25, -0.2) is 0 Å². The van der Waals surface area contributed by atoms with Gasteiger partial charge in [0.25, 0.3) is 0 Å². The van der Waals surface area contributed by atoms with Gasteiger partial charge >= 0.3 is 5.97 Å². The minimum atomic E-state index is -0.452. The molecule has 0 amide bonds. The molecule has 0 aromatic heterocycles. The van der Waals surface area contributed by atoms with E-state index in [1.54, 1.807) is 11.9 Å². The van der Waals surface area contributed by atoms with Crippen molar-refractivity contribution in [1.29, 1.82) is 0 Å². The zero-order valence-corrected chi connectivity index (χ0v) is 17.7. The van der Waals surface area contributed by atoms with Crippen LogP contribution in [-0.2, 0) is 14.3 Å². The molecule has 0 fully saturated rings. The van der Waals surface area contributed by atoms with Crippen molar-refractivity contribution in [3.05, 3.63) is 108 Å². The lowest BCUT2D eigenvalue weighted by Crippen LogP contribution is -2.33. The number of carbonyl (C=O) groups excluding carboxylic acids is 1. The van der Waals surface area contributed by atoms with Crippen LogP contribution in [0.4, 0.5) is 0 Å². The number of carbonyl (C=O) groups is 1. The summed E-state index contributed by atoms with van der Waals surface area (Å²) >= 11 is 1.64. The van der Waals surface area contributed by atoms with Crippen molar-refractivity contribution in [1.82, 2.24) is 4.72 Å². The van der Waals surface area contributed by atoms with E-state index in [4.69, 9.17) is 4.74 Å². The fourth-order valence-corrected chi connectivity index (χ4v) is 4.62. The van der Waals surface area contributed by atoms with Gasteiger partial charge in [0, 0.05) is 6.04 Å². The quantitative estimate of drug-likeness (QED) is 0.287. The first-order valence-electron chi connectivity index (χ1n) is 9.92. The van der Waals surface area contributed by atoms with Gasteiger partial charge in [0.15, 0.2) is 0 Å². The summed E-state index contributed by atoms with van der Waals surface area (Å²) in [5, 5.41) is 0.